The average Bonchev–Trinajstić information content (AvgIpc) is 1.71. The number of carbonyl (C=O) groups excluding carboxylic acids is 10. The van der Waals surface area contributed by atoms with Crippen molar-refractivity contribution in [1.29, 1.82) is 0 Å². The second-order valence-corrected chi connectivity index (χ2v) is 35.4. The van der Waals surface area contributed by atoms with Crippen LogP contribution in [0.25, 0.3) is 0 Å². The van der Waals surface area contributed by atoms with Crippen molar-refractivity contribution in [3.05, 3.63) is 0 Å². The van der Waals surface area contributed by atoms with Gasteiger partial charge in [0.1, 0.15) is 70.7 Å². The number of methoxy groups -OCH3 is 2. The average molecular weight is 1580 g/mol. The molecule has 0 saturated carbocycles. The normalized spacial score (nSPS) is 20.8. The number of hydrogen-bond acceptors (Lipinski definition) is 24. The van der Waals surface area contributed by atoms with E-state index in [1.165, 1.54) is 35.8 Å². The Labute approximate surface area is 663 Å². The number of aliphatic hydroxyl groups excluding tert-OH is 2. The number of halogens is 1. The Morgan fingerprint density at radius 2 is 0.697 bits per heavy atom. The number of alkyl carbamates (subject to hydrolysis) is 4. The number of aliphatic carboxylic acids is 3. The molecule has 0 radical (unpaired) electrons. The van der Waals surface area contributed by atoms with Crippen LogP contribution in [0, 0.1) is 33.5 Å². The van der Waals surface area contributed by atoms with Crippen LogP contribution < -0.4 is 45.4 Å². The second kappa shape index (κ2) is 46.1. The van der Waals surface area contributed by atoms with E-state index in [1.807, 2.05) is 69.2 Å². The van der Waals surface area contributed by atoms with Crippen LogP contribution in [-0.4, -0.2) is 253 Å². The Morgan fingerprint density at radius 1 is 0.422 bits per heavy atom. The van der Waals surface area contributed by atoms with Crippen LogP contribution >= 0.6 is 12.4 Å². The number of amides is 7. The molecular weight excluding hydrogens is 1450 g/mol. The van der Waals surface area contributed by atoms with E-state index in [0.29, 0.717) is 38.9 Å². The quantitative estimate of drug-likeness (QED) is 0.0681. The minimum Gasteiger partial charge on any atom is -0.870 e. The molecular formula is C73H134ClLiN8O26. The van der Waals surface area contributed by atoms with Gasteiger partial charge >= 0.3 is 79.0 Å². The first-order chi connectivity index (χ1) is 47.5. The van der Waals surface area contributed by atoms with Gasteiger partial charge < -0.3 is 105 Å². The maximum absolute atomic E-state index is 13.1. The van der Waals surface area contributed by atoms with Crippen LogP contribution in [-0.2, 0) is 76.3 Å². The molecule has 109 heavy (non-hydrogen) atoms. The Balaban J connectivity index is -0.000000412. The summed E-state index contributed by atoms with van der Waals surface area (Å²) >= 11 is 0. The molecule has 11 N–H and O–H groups in total. The van der Waals surface area contributed by atoms with Crippen molar-refractivity contribution < 1.29 is 145 Å². The number of ether oxygens (including phenoxy) is 7. The van der Waals surface area contributed by atoms with Gasteiger partial charge in [0, 0.05) is 45.9 Å². The van der Waals surface area contributed by atoms with Crippen molar-refractivity contribution >= 4 is 90.3 Å². The third kappa shape index (κ3) is 44.0. The first kappa shape index (κ1) is 111. The molecule has 4 saturated heterocycles. The van der Waals surface area contributed by atoms with Gasteiger partial charge in [-0.1, -0.05) is 96.9 Å². The van der Waals surface area contributed by atoms with Gasteiger partial charge in [-0.2, -0.15) is 0 Å². The van der Waals surface area contributed by atoms with Crippen LogP contribution in [0.4, 0.5) is 19.2 Å². The molecule has 7 amide bonds. The molecule has 0 unspecified atom stereocenters. The number of esters is 3. The molecule has 4 fully saturated rings. The number of hydrogen-bond donors (Lipinski definition) is 10. The molecule has 12 atom stereocenters. The fourth-order valence-corrected chi connectivity index (χ4v) is 10.6. The summed E-state index contributed by atoms with van der Waals surface area (Å²) in [5.41, 5.74) is -4.99. The summed E-state index contributed by atoms with van der Waals surface area (Å²) in [6.45, 7) is 52.7. The van der Waals surface area contributed by atoms with Gasteiger partial charge in [0.25, 0.3) is 0 Å². The summed E-state index contributed by atoms with van der Waals surface area (Å²) < 4.78 is 34.9. The van der Waals surface area contributed by atoms with Crippen molar-refractivity contribution in [2.75, 3.05) is 40.4 Å². The fraction of sp³-hybridized carbons (Fsp3) is 0.822. The van der Waals surface area contributed by atoms with Crippen molar-refractivity contribution in [3.8, 4) is 0 Å². The van der Waals surface area contributed by atoms with Crippen molar-refractivity contribution in [2.45, 2.75) is 316 Å². The molecule has 36 heteroatoms. The predicted octanol–water partition coefficient (Wildman–Crippen LogP) is 4.65. The Hall–Kier alpha value is -6.96. The van der Waals surface area contributed by atoms with E-state index in [4.69, 9.17) is 43.7 Å². The van der Waals surface area contributed by atoms with Crippen molar-refractivity contribution in [2.24, 2.45) is 33.5 Å². The van der Waals surface area contributed by atoms with E-state index in [9.17, 15) is 72.5 Å². The molecule has 0 aromatic rings. The third-order valence-corrected chi connectivity index (χ3v) is 15.3. The van der Waals surface area contributed by atoms with E-state index in [-0.39, 0.29) is 85.4 Å². The van der Waals surface area contributed by atoms with Crippen molar-refractivity contribution in [3.63, 3.8) is 0 Å². The van der Waals surface area contributed by atoms with Gasteiger partial charge in [-0.05, 0) is 143 Å². The van der Waals surface area contributed by atoms with Crippen LogP contribution in [0.15, 0.2) is 0 Å². The molecule has 4 rings (SSSR count). The molecule has 0 aromatic carbocycles. The molecule has 34 nitrogen and oxygen atoms in total. The summed E-state index contributed by atoms with van der Waals surface area (Å²) in [4.78, 5) is 158. The number of likely N-dealkylation sites (tertiary alicyclic amines) is 3. The number of aliphatic hydroxyl groups is 2. The predicted molar refractivity (Wildman–Crippen MR) is 401 cm³/mol. The topological polar surface area (TPSA) is 488 Å². The van der Waals surface area contributed by atoms with Crippen LogP contribution in [0.3, 0.4) is 0 Å². The molecule has 0 aromatic heterocycles. The van der Waals surface area contributed by atoms with Gasteiger partial charge in [0.2, 0.25) is 17.7 Å². The van der Waals surface area contributed by atoms with E-state index < -0.39 is 165 Å². The smallest absolute Gasteiger partial charge is 0.870 e. The summed E-state index contributed by atoms with van der Waals surface area (Å²) in [5.74, 6) is -5.03. The second-order valence-electron chi connectivity index (χ2n) is 35.4. The minimum atomic E-state index is -1.07. The molecule has 4 heterocycles. The van der Waals surface area contributed by atoms with E-state index in [1.54, 1.807) is 125 Å². The first-order valence-electron chi connectivity index (χ1n) is 35.5. The zero-order valence-electron chi connectivity index (χ0n) is 70.8. The molecule has 0 aliphatic carbocycles. The van der Waals surface area contributed by atoms with E-state index in [2.05, 4.69) is 31.3 Å². The molecule has 0 spiro atoms. The minimum absolute atomic E-state index is 0. The number of nitrogens with one attached hydrogen (secondary N) is 5. The number of rotatable bonds is 13. The largest absolute Gasteiger partial charge is 1.00 e. The standard InChI is InChI=1S/C18H32N2O5.C17H30N2O6.C17H30N2O5.C11H21NO4.C5H9NO3.C5H10O2.ClH.Li.H2O/c1-11-9-12(15(22)24-8)20(10-11)14(21)13(17(2,3)4)19-16(23)25-18(5,6)7;1-16(2,3)12(18-15(23)25-17(4,5)6)13(21)19-9-10(20)8-11(19)14(22)24-7;1-10-8-11(14(21)22)19(9-10)13(20)12(16(2,3)4)18-15(23)24-17(5,6)7;1-10(2,3)7(8(13)14)12-9(15)16-11(4,5)6;7-3-1-4(5(8)9)6-2-3;1-4(2)7-5(3)6;;;/h11-13H,9-10H2,1-8H3,(H,19,23);10-12,20H,8-9H2,1-7H3,(H,18,23);10-12H,8-9H2,1-7H3,(H,18,23)(H,21,22);7H,1-6H3,(H,12,15)(H,13,14);3-4,6-7H,1-2H2,(H,8,9);4H,1-3H3;1H;;1H2/q;;;;;;;+1;/p-1/t11-,12+,13-;2*10-,11+,12-;7-;3-,4+;;;;/m11111..../s1. The summed E-state index contributed by atoms with van der Waals surface area (Å²) in [5, 5.41) is 58.3. The molecule has 4 aliphatic rings. The van der Waals surface area contributed by atoms with Gasteiger partial charge in [-0.15, -0.1) is 12.4 Å². The SMILES string of the molecule is CC(=O)OC(C)C.CC(C)(C)OC(=O)N[C@H](C(=O)O)C(C)(C)C.COC(=O)[C@@H]1C[C@@H](C)CN1C(=O)[C@@H](NC(=O)OC(C)(C)C)C(C)(C)C.COC(=O)[C@@H]1C[C@@H](O)CN1C(=O)[C@@H](NC(=O)OC(C)(C)C)C(C)(C)C.C[C@@H]1C[C@@H](C(=O)O)N(C(=O)[C@@H](NC(=O)OC(C)(C)C)C(C)(C)C)C1.Cl.O=C(O)[C@@H]1C[C@@H](O)CN1.[Li+].[OH-]. The Morgan fingerprint density at radius 3 is 0.908 bits per heavy atom. The third-order valence-electron chi connectivity index (χ3n) is 15.3. The van der Waals surface area contributed by atoms with Gasteiger partial charge in [-0.25, -0.2) is 38.4 Å². The maximum atomic E-state index is 13.1. The number of carboxylic acids is 3. The van der Waals surface area contributed by atoms with Gasteiger partial charge in [0.05, 0.1) is 32.5 Å². The first-order valence-corrected chi connectivity index (χ1v) is 35.5. The summed E-state index contributed by atoms with van der Waals surface area (Å²) in [6.07, 6.45) is -2.61. The van der Waals surface area contributed by atoms with Crippen LogP contribution in [0.5, 0.6) is 0 Å². The zero-order valence-corrected chi connectivity index (χ0v) is 71.6. The molecule has 4 aliphatic heterocycles. The number of carboxylic acid groups (broad SMARTS) is 3. The van der Waals surface area contributed by atoms with Crippen LogP contribution in [0.2, 0.25) is 0 Å². The number of nitrogens with zero attached hydrogens (tertiary/aromatic N) is 3. The Kier molecular flexibility index (Phi) is 46.8. The van der Waals surface area contributed by atoms with Gasteiger partial charge in [0.15, 0.2) is 0 Å². The molecule has 0 bridgehead atoms. The summed E-state index contributed by atoms with van der Waals surface area (Å²) in [7, 11) is 2.55. The van der Waals surface area contributed by atoms with E-state index >= 15 is 0 Å². The fourth-order valence-electron chi connectivity index (χ4n) is 10.6. The number of carbonyl (C=O) groups is 13. The summed E-state index contributed by atoms with van der Waals surface area (Å²) in [6, 6.07) is -6.42. The molecule has 630 valence electrons. The van der Waals surface area contributed by atoms with Gasteiger partial charge in [-0.3, -0.25) is 24.0 Å². The zero-order chi connectivity index (χ0) is 83.9. The van der Waals surface area contributed by atoms with E-state index in [0.717, 1.165) is 0 Å². The number of β-amino-alcohol motifs (C(OH)–C–C–N with tert-alkyl or cyclic N) is 2. The Bertz CT molecular complexity index is 2860. The van der Waals surface area contributed by atoms with Crippen molar-refractivity contribution in [1.82, 2.24) is 41.3 Å². The maximum Gasteiger partial charge on any atom is 1.00 e. The van der Waals surface area contributed by atoms with Crippen LogP contribution in [0.1, 0.15) is 226 Å². The monoisotopic (exact) mass is 1580 g/mol.